The fraction of sp³-hybridized carbons (Fsp3) is 0.818. The van der Waals surface area contributed by atoms with Crippen molar-refractivity contribution in [1.29, 1.82) is 0 Å². The SMILES string of the molecule is CC1[C@H]2CCc3nnn(C)c3CC[C@@H]12. The molecule has 0 N–H and O–H groups in total. The second-order valence-corrected chi connectivity index (χ2v) is 4.87. The Bertz CT molecular complexity index is 355. The highest BCUT2D eigenvalue weighted by atomic mass is 15.4. The minimum absolute atomic E-state index is 0.970. The van der Waals surface area contributed by atoms with E-state index >= 15 is 0 Å². The normalized spacial score (nSPS) is 35.4. The molecule has 1 aromatic rings. The molecule has 1 aromatic heterocycles. The Kier molecular flexibility index (Phi) is 1.70. The van der Waals surface area contributed by atoms with Crippen molar-refractivity contribution in [3.63, 3.8) is 0 Å². The van der Waals surface area contributed by atoms with Crippen molar-refractivity contribution in [2.24, 2.45) is 24.8 Å². The summed E-state index contributed by atoms with van der Waals surface area (Å²) in [5.41, 5.74) is 2.63. The number of aromatic nitrogens is 3. The highest BCUT2D eigenvalue weighted by Crippen LogP contribution is 2.52. The van der Waals surface area contributed by atoms with E-state index in [9.17, 15) is 0 Å². The van der Waals surface area contributed by atoms with Gasteiger partial charge in [0.2, 0.25) is 0 Å². The monoisotopic (exact) mass is 191 g/mol. The molecule has 1 heterocycles. The van der Waals surface area contributed by atoms with Gasteiger partial charge in [0.1, 0.15) is 0 Å². The molecule has 1 saturated carbocycles. The van der Waals surface area contributed by atoms with Crippen molar-refractivity contribution in [2.75, 3.05) is 0 Å². The van der Waals surface area contributed by atoms with Crippen LogP contribution in [-0.2, 0) is 19.9 Å². The molecule has 0 bridgehead atoms. The molecule has 3 atom stereocenters. The van der Waals surface area contributed by atoms with E-state index in [0.29, 0.717) is 0 Å². The predicted octanol–water partition coefficient (Wildman–Crippen LogP) is 1.58. The van der Waals surface area contributed by atoms with Gasteiger partial charge in [-0.3, -0.25) is 4.68 Å². The molecule has 0 radical (unpaired) electrons. The maximum atomic E-state index is 4.25. The van der Waals surface area contributed by atoms with Crippen molar-refractivity contribution in [1.82, 2.24) is 15.0 Å². The van der Waals surface area contributed by atoms with Gasteiger partial charge in [-0.15, -0.1) is 5.10 Å². The van der Waals surface area contributed by atoms with E-state index < -0.39 is 0 Å². The molecule has 3 rings (SSSR count). The van der Waals surface area contributed by atoms with Gasteiger partial charge >= 0.3 is 0 Å². The van der Waals surface area contributed by atoms with E-state index in [4.69, 9.17) is 0 Å². The first-order valence-electron chi connectivity index (χ1n) is 5.65. The number of fused-ring (bicyclic) bond motifs is 2. The molecular formula is C11H17N3. The minimum Gasteiger partial charge on any atom is -0.252 e. The number of nitrogens with zero attached hydrogens (tertiary/aromatic N) is 3. The van der Waals surface area contributed by atoms with Gasteiger partial charge in [-0.1, -0.05) is 12.1 Å². The van der Waals surface area contributed by atoms with E-state index in [1.165, 1.54) is 30.7 Å². The van der Waals surface area contributed by atoms with E-state index in [2.05, 4.69) is 17.2 Å². The Morgan fingerprint density at radius 1 is 1.21 bits per heavy atom. The van der Waals surface area contributed by atoms with Gasteiger partial charge in [-0.2, -0.15) is 0 Å². The molecule has 0 spiro atoms. The Balaban J connectivity index is 1.87. The summed E-state index contributed by atoms with van der Waals surface area (Å²) in [6.07, 6.45) is 5.01. The van der Waals surface area contributed by atoms with Crippen LogP contribution in [0.2, 0.25) is 0 Å². The van der Waals surface area contributed by atoms with E-state index in [1.54, 1.807) is 0 Å². The molecular weight excluding hydrogens is 174 g/mol. The van der Waals surface area contributed by atoms with Crippen LogP contribution in [-0.4, -0.2) is 15.0 Å². The summed E-state index contributed by atoms with van der Waals surface area (Å²) in [5, 5.41) is 8.36. The summed E-state index contributed by atoms with van der Waals surface area (Å²) in [6, 6.07) is 0. The maximum Gasteiger partial charge on any atom is 0.0859 e. The third-order valence-electron chi connectivity index (χ3n) is 4.21. The van der Waals surface area contributed by atoms with Crippen molar-refractivity contribution >= 4 is 0 Å². The van der Waals surface area contributed by atoms with Gasteiger partial charge in [0, 0.05) is 7.05 Å². The van der Waals surface area contributed by atoms with Crippen LogP contribution in [0.4, 0.5) is 0 Å². The number of hydrogen-bond acceptors (Lipinski definition) is 2. The van der Waals surface area contributed by atoms with Crippen LogP contribution in [0.5, 0.6) is 0 Å². The molecule has 0 saturated heterocycles. The molecule has 2 aliphatic rings. The van der Waals surface area contributed by atoms with Crippen LogP contribution in [0.25, 0.3) is 0 Å². The van der Waals surface area contributed by atoms with Gasteiger partial charge in [0.15, 0.2) is 0 Å². The van der Waals surface area contributed by atoms with Crippen molar-refractivity contribution in [3.8, 4) is 0 Å². The summed E-state index contributed by atoms with van der Waals surface area (Å²) in [7, 11) is 2.02. The Morgan fingerprint density at radius 2 is 1.93 bits per heavy atom. The third-order valence-corrected chi connectivity index (χ3v) is 4.21. The smallest absolute Gasteiger partial charge is 0.0859 e. The van der Waals surface area contributed by atoms with Gasteiger partial charge in [-0.25, -0.2) is 0 Å². The second kappa shape index (κ2) is 2.81. The van der Waals surface area contributed by atoms with Crippen LogP contribution in [0.15, 0.2) is 0 Å². The number of rotatable bonds is 0. The molecule has 76 valence electrons. The molecule has 0 aromatic carbocycles. The van der Waals surface area contributed by atoms with E-state index in [0.717, 1.165) is 24.2 Å². The first kappa shape index (κ1) is 8.45. The number of hydrogen-bond donors (Lipinski definition) is 0. The highest BCUT2D eigenvalue weighted by Gasteiger charge is 2.46. The third kappa shape index (κ3) is 1.11. The molecule has 2 aliphatic carbocycles. The van der Waals surface area contributed by atoms with Crippen LogP contribution in [0.3, 0.4) is 0 Å². The summed E-state index contributed by atoms with van der Waals surface area (Å²) in [5.74, 6) is 2.96. The zero-order valence-corrected chi connectivity index (χ0v) is 8.90. The molecule has 3 heteroatoms. The van der Waals surface area contributed by atoms with Gasteiger partial charge < -0.3 is 0 Å². The summed E-state index contributed by atoms with van der Waals surface area (Å²) in [4.78, 5) is 0. The summed E-state index contributed by atoms with van der Waals surface area (Å²) < 4.78 is 1.96. The largest absolute Gasteiger partial charge is 0.252 e. The first-order chi connectivity index (χ1) is 6.77. The lowest BCUT2D eigenvalue weighted by atomic mass is 10.0. The van der Waals surface area contributed by atoms with Crippen molar-refractivity contribution in [3.05, 3.63) is 11.4 Å². The van der Waals surface area contributed by atoms with E-state index in [-0.39, 0.29) is 0 Å². The molecule has 1 unspecified atom stereocenters. The quantitative estimate of drug-likeness (QED) is 0.623. The molecule has 1 fully saturated rings. The fourth-order valence-electron chi connectivity index (χ4n) is 3.12. The molecule has 14 heavy (non-hydrogen) atoms. The Morgan fingerprint density at radius 3 is 2.71 bits per heavy atom. The van der Waals surface area contributed by atoms with Gasteiger partial charge in [0.05, 0.1) is 11.4 Å². The average Bonchev–Trinajstić information content (AvgIpc) is 2.58. The standard InChI is InChI=1S/C11H17N3/c1-7-8-3-5-10-11(6-4-9(7)8)14(2)13-12-10/h7-9H,3-6H2,1-2H3/t7?,8-,9+/m1/s1. The molecule has 0 aliphatic heterocycles. The van der Waals surface area contributed by atoms with E-state index in [1.807, 2.05) is 11.7 Å². The maximum absolute atomic E-state index is 4.25. The summed E-state index contributed by atoms with van der Waals surface area (Å²) in [6.45, 7) is 2.40. The average molecular weight is 191 g/mol. The van der Waals surface area contributed by atoms with Crippen LogP contribution >= 0.6 is 0 Å². The van der Waals surface area contributed by atoms with Crippen molar-refractivity contribution < 1.29 is 0 Å². The zero-order valence-electron chi connectivity index (χ0n) is 8.90. The second-order valence-electron chi connectivity index (χ2n) is 4.87. The first-order valence-corrected chi connectivity index (χ1v) is 5.65. The van der Waals surface area contributed by atoms with Gasteiger partial charge in [-0.05, 0) is 43.4 Å². The highest BCUT2D eigenvalue weighted by molar-refractivity contribution is 5.14. The Labute approximate surface area is 84.5 Å². The summed E-state index contributed by atoms with van der Waals surface area (Å²) >= 11 is 0. The number of aryl methyl sites for hydroxylation is 2. The fourth-order valence-corrected chi connectivity index (χ4v) is 3.12. The predicted molar refractivity (Wildman–Crippen MR) is 53.8 cm³/mol. The lowest BCUT2D eigenvalue weighted by Crippen LogP contribution is -2.04. The lowest BCUT2D eigenvalue weighted by Gasteiger charge is -2.07. The molecule has 0 amide bonds. The van der Waals surface area contributed by atoms with Crippen LogP contribution in [0, 0.1) is 17.8 Å². The zero-order chi connectivity index (χ0) is 9.71. The lowest BCUT2D eigenvalue weighted by molar-refractivity contribution is 0.566. The topological polar surface area (TPSA) is 30.7 Å². The Hall–Kier alpha value is -0.860. The molecule has 3 nitrogen and oxygen atoms in total. The van der Waals surface area contributed by atoms with Crippen LogP contribution < -0.4 is 0 Å². The minimum atomic E-state index is 0.970. The van der Waals surface area contributed by atoms with Crippen LogP contribution in [0.1, 0.15) is 31.2 Å². The van der Waals surface area contributed by atoms with Crippen molar-refractivity contribution in [2.45, 2.75) is 32.6 Å². The van der Waals surface area contributed by atoms with Gasteiger partial charge in [0.25, 0.3) is 0 Å².